The summed E-state index contributed by atoms with van der Waals surface area (Å²) in [5.41, 5.74) is 2.09. The molecule has 2 aromatic rings. The molecule has 0 amide bonds. The number of halogens is 2. The van der Waals surface area contributed by atoms with Crippen LogP contribution in [0.5, 0.6) is 11.5 Å². The predicted molar refractivity (Wildman–Crippen MR) is 119 cm³/mol. The molecule has 1 saturated carbocycles. The van der Waals surface area contributed by atoms with Crippen LogP contribution in [0, 0.1) is 5.82 Å². The van der Waals surface area contributed by atoms with Crippen molar-refractivity contribution in [2.24, 2.45) is 0 Å². The van der Waals surface area contributed by atoms with Gasteiger partial charge in [-0.25, -0.2) is 4.39 Å². The first-order valence-corrected chi connectivity index (χ1v) is 11.5. The summed E-state index contributed by atoms with van der Waals surface area (Å²) in [6.07, 6.45) is 9.27. The van der Waals surface area contributed by atoms with Crippen molar-refractivity contribution < 1.29 is 13.9 Å². The van der Waals surface area contributed by atoms with E-state index in [2.05, 4.69) is 33.4 Å². The van der Waals surface area contributed by atoms with E-state index in [-0.39, 0.29) is 5.82 Å². The summed E-state index contributed by atoms with van der Waals surface area (Å²) in [7, 11) is 0. The lowest BCUT2D eigenvalue weighted by molar-refractivity contribution is 0.267. The van der Waals surface area contributed by atoms with Crippen molar-refractivity contribution >= 4 is 15.9 Å². The summed E-state index contributed by atoms with van der Waals surface area (Å²) in [6.45, 7) is 3.72. The topological polar surface area (TPSA) is 30.5 Å². The molecule has 0 aromatic heterocycles. The molecule has 29 heavy (non-hydrogen) atoms. The minimum absolute atomic E-state index is 0.244. The lowest BCUT2D eigenvalue weighted by atomic mass is 9.96. The fraction of sp³-hybridized carbons (Fsp3) is 0.500. The van der Waals surface area contributed by atoms with Gasteiger partial charge in [0, 0.05) is 12.6 Å². The summed E-state index contributed by atoms with van der Waals surface area (Å²) in [5.74, 6) is 1.18. The quantitative estimate of drug-likeness (QED) is 0.468. The highest BCUT2D eigenvalue weighted by Gasteiger charge is 2.15. The van der Waals surface area contributed by atoms with Crippen molar-refractivity contribution in [3.8, 4) is 11.5 Å². The molecule has 0 heterocycles. The van der Waals surface area contributed by atoms with E-state index in [1.54, 1.807) is 12.1 Å². The van der Waals surface area contributed by atoms with E-state index in [1.165, 1.54) is 62.6 Å². The average molecular weight is 464 g/mol. The summed E-state index contributed by atoms with van der Waals surface area (Å²) >= 11 is 3.65. The van der Waals surface area contributed by atoms with Gasteiger partial charge in [-0.15, -0.1) is 0 Å². The van der Waals surface area contributed by atoms with Gasteiger partial charge < -0.3 is 14.8 Å². The van der Waals surface area contributed by atoms with E-state index in [9.17, 15) is 4.39 Å². The molecule has 3 rings (SSSR count). The second-order valence-electron chi connectivity index (χ2n) is 7.68. The third-order valence-corrected chi connectivity index (χ3v) is 5.95. The molecular formula is C24H31BrFNO2. The number of rotatable bonds is 8. The number of hydrogen-bond donors (Lipinski definition) is 1. The Labute approximate surface area is 182 Å². The minimum Gasteiger partial charge on any atom is -0.490 e. The zero-order chi connectivity index (χ0) is 20.5. The molecule has 0 atom stereocenters. The Morgan fingerprint density at radius 3 is 2.34 bits per heavy atom. The molecule has 0 aliphatic heterocycles. The fourth-order valence-electron chi connectivity index (χ4n) is 3.79. The van der Waals surface area contributed by atoms with Crippen molar-refractivity contribution in [1.82, 2.24) is 5.32 Å². The molecule has 1 aliphatic carbocycles. The van der Waals surface area contributed by atoms with Crippen LogP contribution in [0.15, 0.2) is 40.9 Å². The van der Waals surface area contributed by atoms with Gasteiger partial charge in [-0.1, -0.05) is 44.2 Å². The molecule has 5 heteroatoms. The van der Waals surface area contributed by atoms with Crippen molar-refractivity contribution in [1.29, 1.82) is 0 Å². The third-order valence-electron chi connectivity index (χ3n) is 5.37. The van der Waals surface area contributed by atoms with E-state index in [1.807, 2.05) is 6.92 Å². The Balaban J connectivity index is 1.65. The first kappa shape index (κ1) is 22.1. The van der Waals surface area contributed by atoms with Crippen LogP contribution < -0.4 is 14.8 Å². The Morgan fingerprint density at radius 1 is 0.966 bits per heavy atom. The van der Waals surface area contributed by atoms with Gasteiger partial charge in [0.1, 0.15) is 12.4 Å². The van der Waals surface area contributed by atoms with E-state index in [0.717, 1.165) is 22.3 Å². The van der Waals surface area contributed by atoms with E-state index < -0.39 is 0 Å². The van der Waals surface area contributed by atoms with E-state index in [4.69, 9.17) is 9.47 Å². The van der Waals surface area contributed by atoms with Crippen molar-refractivity contribution in [2.75, 3.05) is 6.61 Å². The van der Waals surface area contributed by atoms with Gasteiger partial charge >= 0.3 is 0 Å². The molecule has 3 nitrogen and oxygen atoms in total. The van der Waals surface area contributed by atoms with Crippen LogP contribution in [0.2, 0.25) is 0 Å². The molecule has 1 N–H and O–H groups in total. The van der Waals surface area contributed by atoms with Crippen LogP contribution >= 0.6 is 15.9 Å². The zero-order valence-corrected chi connectivity index (χ0v) is 18.8. The first-order chi connectivity index (χ1) is 14.2. The molecule has 158 valence electrons. The molecular weight excluding hydrogens is 433 g/mol. The number of nitrogens with one attached hydrogen (secondary N) is 1. The van der Waals surface area contributed by atoms with Crippen LogP contribution in [-0.2, 0) is 13.2 Å². The highest BCUT2D eigenvalue weighted by molar-refractivity contribution is 9.10. The predicted octanol–water partition coefficient (Wildman–Crippen LogP) is 6.77. The monoisotopic (exact) mass is 463 g/mol. The molecule has 0 unspecified atom stereocenters. The van der Waals surface area contributed by atoms with Crippen molar-refractivity contribution in [2.45, 2.75) is 71.1 Å². The summed E-state index contributed by atoms with van der Waals surface area (Å²) in [6, 6.07) is 11.1. The van der Waals surface area contributed by atoms with Crippen LogP contribution in [0.4, 0.5) is 4.39 Å². The van der Waals surface area contributed by atoms with Crippen LogP contribution in [-0.4, -0.2) is 12.6 Å². The lowest BCUT2D eigenvalue weighted by Gasteiger charge is -2.22. The fourth-order valence-corrected chi connectivity index (χ4v) is 4.39. The number of benzene rings is 2. The van der Waals surface area contributed by atoms with E-state index in [0.29, 0.717) is 25.0 Å². The molecule has 1 fully saturated rings. The minimum atomic E-state index is -0.244. The zero-order valence-electron chi connectivity index (χ0n) is 17.2. The molecule has 1 aliphatic rings. The maximum atomic E-state index is 13.1. The average Bonchev–Trinajstić information content (AvgIpc) is 2.68. The van der Waals surface area contributed by atoms with Gasteiger partial charge in [0.2, 0.25) is 0 Å². The molecule has 0 radical (unpaired) electrons. The number of ether oxygens (including phenoxy) is 2. The molecule has 0 saturated heterocycles. The SMILES string of the molecule is CCOc1cc(CNC2CCCCCCC2)cc(Br)c1OCc1ccc(F)cc1. The molecule has 2 aromatic carbocycles. The van der Waals surface area contributed by atoms with Gasteiger partial charge in [-0.3, -0.25) is 0 Å². The van der Waals surface area contributed by atoms with E-state index >= 15 is 0 Å². The maximum absolute atomic E-state index is 13.1. The van der Waals surface area contributed by atoms with Gasteiger partial charge in [0.05, 0.1) is 11.1 Å². The van der Waals surface area contributed by atoms with Crippen LogP contribution in [0.1, 0.15) is 63.0 Å². The number of hydrogen-bond acceptors (Lipinski definition) is 3. The standard InChI is InChI=1S/C24H31BrFNO2/c1-2-28-23-15-19(16-27-21-8-6-4-3-5-7-9-21)14-22(25)24(23)29-17-18-10-12-20(26)13-11-18/h10-15,21,27H,2-9,16-17H2,1H3. The van der Waals surface area contributed by atoms with Crippen molar-refractivity contribution in [3.63, 3.8) is 0 Å². The summed E-state index contributed by atoms with van der Waals surface area (Å²) in [5, 5.41) is 3.73. The summed E-state index contributed by atoms with van der Waals surface area (Å²) in [4.78, 5) is 0. The largest absolute Gasteiger partial charge is 0.490 e. The maximum Gasteiger partial charge on any atom is 0.175 e. The summed E-state index contributed by atoms with van der Waals surface area (Å²) < 4.78 is 25.8. The first-order valence-electron chi connectivity index (χ1n) is 10.7. The van der Waals surface area contributed by atoms with Gasteiger partial charge in [0.25, 0.3) is 0 Å². The Hall–Kier alpha value is -1.59. The van der Waals surface area contributed by atoms with Gasteiger partial charge in [-0.2, -0.15) is 0 Å². The molecule has 0 spiro atoms. The normalized spacial score (nSPS) is 15.6. The van der Waals surface area contributed by atoms with Crippen LogP contribution in [0.25, 0.3) is 0 Å². The highest BCUT2D eigenvalue weighted by Crippen LogP contribution is 2.37. The Kier molecular flexibility index (Phi) is 8.81. The van der Waals surface area contributed by atoms with Gasteiger partial charge in [-0.05, 0) is 71.1 Å². The molecule has 0 bridgehead atoms. The van der Waals surface area contributed by atoms with Crippen LogP contribution in [0.3, 0.4) is 0 Å². The second-order valence-corrected chi connectivity index (χ2v) is 8.53. The Morgan fingerprint density at radius 2 is 1.66 bits per heavy atom. The highest BCUT2D eigenvalue weighted by atomic mass is 79.9. The Bertz CT molecular complexity index is 758. The third kappa shape index (κ3) is 7.00. The lowest BCUT2D eigenvalue weighted by Crippen LogP contribution is -2.29. The second kappa shape index (κ2) is 11.6. The smallest absolute Gasteiger partial charge is 0.175 e. The van der Waals surface area contributed by atoms with Crippen molar-refractivity contribution in [3.05, 3.63) is 57.8 Å². The van der Waals surface area contributed by atoms with Gasteiger partial charge in [0.15, 0.2) is 11.5 Å².